The molecule has 0 saturated carbocycles. The van der Waals surface area contributed by atoms with Gasteiger partial charge in [-0.05, 0) is 35.9 Å². The highest BCUT2D eigenvalue weighted by atomic mass is 19.4. The lowest BCUT2D eigenvalue weighted by Crippen LogP contribution is -2.27. The number of hydrogen-bond donors (Lipinski definition) is 1. The molecule has 0 spiro atoms. The van der Waals surface area contributed by atoms with Crippen molar-refractivity contribution in [1.82, 2.24) is 0 Å². The first-order valence-electron chi connectivity index (χ1n) is 6.99. The molecule has 1 heterocycles. The van der Waals surface area contributed by atoms with Crippen LogP contribution in [0.4, 0.5) is 23.2 Å². The maximum atomic E-state index is 13.9. The quantitative estimate of drug-likeness (QED) is 0.873. The molecule has 1 aliphatic heterocycles. The van der Waals surface area contributed by atoms with Gasteiger partial charge in [0, 0.05) is 24.3 Å². The average molecular weight is 326 g/mol. The molecule has 122 valence electrons. The Bertz CT molecular complexity index is 700. The smallest absolute Gasteiger partial charge is 0.406 e. The molecule has 3 nitrogen and oxygen atoms in total. The van der Waals surface area contributed by atoms with Gasteiger partial charge in [-0.2, -0.15) is 0 Å². The first-order valence-corrected chi connectivity index (χ1v) is 6.99. The van der Waals surface area contributed by atoms with Crippen LogP contribution in [0.15, 0.2) is 42.5 Å². The van der Waals surface area contributed by atoms with Crippen molar-refractivity contribution in [1.29, 1.82) is 0 Å². The summed E-state index contributed by atoms with van der Waals surface area (Å²) < 4.78 is 54.4. The molecule has 0 aliphatic carbocycles. The minimum absolute atomic E-state index is 0.213. The molecule has 0 bridgehead atoms. The zero-order chi connectivity index (χ0) is 16.6. The van der Waals surface area contributed by atoms with Gasteiger partial charge >= 0.3 is 6.36 Å². The second-order valence-electron chi connectivity index (χ2n) is 5.23. The lowest BCUT2D eigenvalue weighted by atomic mass is 10.0. The number of alkyl halides is 3. The minimum Gasteiger partial charge on any atom is -0.406 e. The van der Waals surface area contributed by atoms with E-state index in [0.717, 1.165) is 5.56 Å². The zero-order valence-electron chi connectivity index (χ0n) is 12.0. The monoisotopic (exact) mass is 326 g/mol. The van der Waals surface area contributed by atoms with Crippen molar-refractivity contribution in [3.8, 4) is 5.75 Å². The second-order valence-corrected chi connectivity index (χ2v) is 5.23. The summed E-state index contributed by atoms with van der Waals surface area (Å²) in [6, 6.07) is 10.1. The third-order valence-corrected chi connectivity index (χ3v) is 3.84. The van der Waals surface area contributed by atoms with Gasteiger partial charge in [0.2, 0.25) is 0 Å². The Morgan fingerprint density at radius 3 is 2.43 bits per heavy atom. The van der Waals surface area contributed by atoms with Gasteiger partial charge in [-0.3, -0.25) is 0 Å². The van der Waals surface area contributed by atoms with Gasteiger partial charge in [0.15, 0.2) is 0 Å². The molecule has 2 aromatic rings. The van der Waals surface area contributed by atoms with E-state index in [-0.39, 0.29) is 24.2 Å². The molecule has 0 amide bonds. The normalized spacial score (nSPS) is 17.3. The van der Waals surface area contributed by atoms with Gasteiger partial charge in [-0.15, -0.1) is 13.2 Å². The molecule has 2 aromatic carbocycles. The Kier molecular flexibility index (Phi) is 3.89. The summed E-state index contributed by atoms with van der Waals surface area (Å²) in [5, 5.41) is 0. The van der Waals surface area contributed by atoms with E-state index in [1.165, 1.54) is 30.3 Å². The maximum Gasteiger partial charge on any atom is 0.573 e. The van der Waals surface area contributed by atoms with Crippen LogP contribution in [-0.2, 0) is 6.54 Å². The third kappa shape index (κ3) is 3.10. The molecule has 1 aliphatic rings. The SMILES string of the molecule is NCC1c2cccc(F)c2CN1c1ccc(OC(F)(F)F)cc1. The highest BCUT2D eigenvalue weighted by molar-refractivity contribution is 5.56. The number of rotatable bonds is 3. The van der Waals surface area contributed by atoms with Gasteiger partial charge < -0.3 is 15.4 Å². The second kappa shape index (κ2) is 5.73. The summed E-state index contributed by atoms with van der Waals surface area (Å²) in [6.45, 7) is 0.598. The standard InChI is InChI=1S/C16H14F4N2O/c17-14-3-1-2-12-13(14)9-22(15(12)8-21)10-4-6-11(7-5-10)23-16(18,19)20/h1-7,15H,8-9,21H2. The summed E-state index contributed by atoms with van der Waals surface area (Å²) in [5.74, 6) is -0.603. The summed E-state index contributed by atoms with van der Waals surface area (Å²) in [6.07, 6.45) is -4.73. The molecule has 0 radical (unpaired) electrons. The summed E-state index contributed by atoms with van der Waals surface area (Å²) in [5.41, 5.74) is 7.84. The molecule has 2 N–H and O–H groups in total. The fourth-order valence-electron chi connectivity index (χ4n) is 2.87. The average Bonchev–Trinajstić information content (AvgIpc) is 2.86. The fourth-order valence-corrected chi connectivity index (χ4v) is 2.87. The predicted octanol–water partition coefficient (Wildman–Crippen LogP) is 3.74. The number of nitrogens with zero attached hydrogens (tertiary/aromatic N) is 1. The molecule has 0 aromatic heterocycles. The van der Waals surface area contributed by atoms with E-state index in [0.29, 0.717) is 17.8 Å². The molecular formula is C16H14F4N2O. The van der Waals surface area contributed by atoms with Crippen LogP contribution >= 0.6 is 0 Å². The van der Waals surface area contributed by atoms with Gasteiger partial charge in [0.1, 0.15) is 11.6 Å². The lowest BCUT2D eigenvalue weighted by Gasteiger charge is -2.26. The van der Waals surface area contributed by atoms with Crippen LogP contribution in [0.5, 0.6) is 5.75 Å². The molecular weight excluding hydrogens is 312 g/mol. The lowest BCUT2D eigenvalue weighted by molar-refractivity contribution is -0.274. The van der Waals surface area contributed by atoms with E-state index >= 15 is 0 Å². The van der Waals surface area contributed by atoms with Crippen molar-refractivity contribution in [3.05, 3.63) is 59.4 Å². The van der Waals surface area contributed by atoms with E-state index < -0.39 is 6.36 Å². The summed E-state index contributed by atoms with van der Waals surface area (Å²) >= 11 is 0. The Balaban J connectivity index is 1.86. The van der Waals surface area contributed by atoms with Gasteiger partial charge in [0.25, 0.3) is 0 Å². The number of benzene rings is 2. The molecule has 1 atom stereocenters. The third-order valence-electron chi connectivity index (χ3n) is 3.84. The Morgan fingerprint density at radius 1 is 1.13 bits per heavy atom. The van der Waals surface area contributed by atoms with Crippen LogP contribution < -0.4 is 15.4 Å². The highest BCUT2D eigenvalue weighted by Gasteiger charge is 2.33. The number of hydrogen-bond acceptors (Lipinski definition) is 3. The van der Waals surface area contributed by atoms with Crippen LogP contribution in [0.1, 0.15) is 17.2 Å². The van der Waals surface area contributed by atoms with Gasteiger partial charge in [-0.25, -0.2) is 4.39 Å². The van der Waals surface area contributed by atoms with Crippen molar-refractivity contribution in [2.75, 3.05) is 11.4 Å². The van der Waals surface area contributed by atoms with Crippen LogP contribution in [0.2, 0.25) is 0 Å². The Hall–Kier alpha value is -2.28. The number of ether oxygens (including phenoxy) is 1. The van der Waals surface area contributed by atoms with Crippen molar-refractivity contribution in [2.24, 2.45) is 5.73 Å². The minimum atomic E-state index is -4.73. The van der Waals surface area contributed by atoms with Crippen LogP contribution in [0.25, 0.3) is 0 Å². The zero-order valence-corrected chi connectivity index (χ0v) is 12.0. The molecule has 23 heavy (non-hydrogen) atoms. The van der Waals surface area contributed by atoms with Gasteiger partial charge in [0.05, 0.1) is 6.04 Å². The largest absolute Gasteiger partial charge is 0.573 e. The van der Waals surface area contributed by atoms with Crippen molar-refractivity contribution in [3.63, 3.8) is 0 Å². The maximum absolute atomic E-state index is 13.9. The Labute approximate surface area is 130 Å². The van der Waals surface area contributed by atoms with E-state index in [1.807, 2.05) is 11.0 Å². The predicted molar refractivity (Wildman–Crippen MR) is 77.5 cm³/mol. The van der Waals surface area contributed by atoms with E-state index in [2.05, 4.69) is 4.74 Å². The van der Waals surface area contributed by atoms with Gasteiger partial charge in [-0.1, -0.05) is 12.1 Å². The number of fused-ring (bicyclic) bond motifs is 1. The van der Waals surface area contributed by atoms with Crippen LogP contribution in [-0.4, -0.2) is 12.9 Å². The van der Waals surface area contributed by atoms with Crippen molar-refractivity contribution in [2.45, 2.75) is 18.9 Å². The highest BCUT2D eigenvalue weighted by Crippen LogP contribution is 2.38. The van der Waals surface area contributed by atoms with Crippen molar-refractivity contribution < 1.29 is 22.3 Å². The molecule has 0 saturated heterocycles. The van der Waals surface area contributed by atoms with E-state index in [4.69, 9.17) is 5.73 Å². The number of halogens is 4. The topological polar surface area (TPSA) is 38.5 Å². The van der Waals surface area contributed by atoms with Crippen molar-refractivity contribution >= 4 is 5.69 Å². The van der Waals surface area contributed by atoms with Crippen LogP contribution in [0.3, 0.4) is 0 Å². The molecule has 3 rings (SSSR count). The first kappa shape index (κ1) is 15.6. The molecule has 0 fully saturated rings. The fraction of sp³-hybridized carbons (Fsp3) is 0.250. The summed E-state index contributed by atoms with van der Waals surface area (Å²) in [7, 11) is 0. The molecule has 7 heteroatoms. The first-order chi connectivity index (χ1) is 10.9. The molecule has 1 unspecified atom stereocenters. The summed E-state index contributed by atoms with van der Waals surface area (Å²) in [4.78, 5) is 1.87. The Morgan fingerprint density at radius 2 is 1.83 bits per heavy atom. The van der Waals surface area contributed by atoms with Crippen LogP contribution in [0, 0.1) is 5.82 Å². The van der Waals surface area contributed by atoms with E-state index in [1.54, 1.807) is 6.07 Å². The van der Waals surface area contributed by atoms with E-state index in [9.17, 15) is 17.6 Å². The number of nitrogens with two attached hydrogens (primary N) is 1. The number of anilines is 1.